The Morgan fingerprint density at radius 2 is 1.94 bits per heavy atom. The maximum absolute atomic E-state index is 4.53. The molecule has 0 bridgehead atoms. The summed E-state index contributed by atoms with van der Waals surface area (Å²) >= 11 is 0. The van der Waals surface area contributed by atoms with Gasteiger partial charge in [-0.15, -0.1) is 0 Å². The molecule has 2 atom stereocenters. The van der Waals surface area contributed by atoms with Crippen LogP contribution < -0.4 is 10.6 Å². The Bertz CT molecular complexity index is 867. The lowest BCUT2D eigenvalue weighted by atomic mass is 9.99. The number of nitrogens with zero attached hydrogens (tertiary/aromatic N) is 4. The molecule has 170 valence electrons. The van der Waals surface area contributed by atoms with Crippen molar-refractivity contribution in [3.63, 3.8) is 0 Å². The fraction of sp³-hybridized carbons (Fsp3) is 0.600. The highest BCUT2D eigenvalue weighted by Gasteiger charge is 2.16. The molecule has 0 saturated carbocycles. The Morgan fingerprint density at radius 1 is 1.23 bits per heavy atom. The Morgan fingerprint density at radius 3 is 2.55 bits per heavy atom. The minimum atomic E-state index is 0.266. The van der Waals surface area contributed by atoms with E-state index in [0.717, 1.165) is 37.1 Å². The van der Waals surface area contributed by atoms with E-state index in [-0.39, 0.29) is 6.04 Å². The summed E-state index contributed by atoms with van der Waals surface area (Å²) < 4.78 is 1.96. The number of hydrogen-bond donors (Lipinski definition) is 2. The van der Waals surface area contributed by atoms with E-state index >= 15 is 0 Å². The van der Waals surface area contributed by atoms with Crippen molar-refractivity contribution in [1.29, 1.82) is 0 Å². The predicted octanol–water partition coefficient (Wildman–Crippen LogP) is 3.57. The molecule has 2 aromatic rings. The van der Waals surface area contributed by atoms with E-state index in [4.69, 9.17) is 0 Å². The topological polar surface area (TPSA) is 57.5 Å². The number of aryl methyl sites for hydroxylation is 2. The number of nitrogens with one attached hydrogen (secondary N) is 2. The molecule has 0 amide bonds. The van der Waals surface area contributed by atoms with Crippen LogP contribution in [-0.2, 0) is 26.6 Å². The lowest BCUT2D eigenvalue weighted by Gasteiger charge is -2.30. The average Bonchev–Trinajstić information content (AvgIpc) is 2.98. The number of likely N-dealkylation sites (tertiary alicyclic amines) is 1. The summed E-state index contributed by atoms with van der Waals surface area (Å²) in [6, 6.07) is 9.26. The summed E-state index contributed by atoms with van der Waals surface area (Å²) in [5.74, 6) is 1.66. The summed E-state index contributed by atoms with van der Waals surface area (Å²) in [5.41, 5.74) is 6.32. The fourth-order valence-electron chi connectivity index (χ4n) is 4.53. The van der Waals surface area contributed by atoms with Gasteiger partial charge in [-0.25, -0.2) is 0 Å². The zero-order valence-electron chi connectivity index (χ0n) is 20.2. The second kappa shape index (κ2) is 10.8. The number of hydrogen-bond acceptors (Lipinski definition) is 3. The molecule has 6 nitrogen and oxygen atoms in total. The van der Waals surface area contributed by atoms with Crippen LogP contribution in [0.4, 0.5) is 0 Å². The summed E-state index contributed by atoms with van der Waals surface area (Å²) in [6.45, 7) is 13.0. The average molecular weight is 425 g/mol. The third kappa shape index (κ3) is 6.57. The van der Waals surface area contributed by atoms with Crippen LogP contribution in [0.3, 0.4) is 0 Å². The molecule has 2 N–H and O–H groups in total. The van der Waals surface area contributed by atoms with Crippen LogP contribution in [0.15, 0.2) is 29.3 Å². The van der Waals surface area contributed by atoms with E-state index in [9.17, 15) is 0 Å². The first kappa shape index (κ1) is 23.3. The van der Waals surface area contributed by atoms with E-state index in [1.54, 1.807) is 0 Å². The lowest BCUT2D eigenvalue weighted by molar-refractivity contribution is 0.176. The second-order valence-corrected chi connectivity index (χ2v) is 9.25. The van der Waals surface area contributed by atoms with Crippen molar-refractivity contribution in [2.45, 2.75) is 66.1 Å². The maximum Gasteiger partial charge on any atom is 0.191 e. The van der Waals surface area contributed by atoms with Gasteiger partial charge in [-0.05, 0) is 69.2 Å². The van der Waals surface area contributed by atoms with Gasteiger partial charge >= 0.3 is 0 Å². The minimum absolute atomic E-state index is 0.266. The third-order valence-electron chi connectivity index (χ3n) is 6.41. The minimum Gasteiger partial charge on any atom is -0.354 e. The van der Waals surface area contributed by atoms with Crippen molar-refractivity contribution < 1.29 is 0 Å². The van der Waals surface area contributed by atoms with Crippen LogP contribution in [0.2, 0.25) is 0 Å². The Balaban J connectivity index is 1.47. The quantitative estimate of drug-likeness (QED) is 0.527. The number of rotatable bonds is 7. The molecule has 2 unspecified atom stereocenters. The number of guanidine groups is 1. The molecule has 3 rings (SSSR count). The van der Waals surface area contributed by atoms with Gasteiger partial charge in [0.2, 0.25) is 0 Å². The van der Waals surface area contributed by atoms with Gasteiger partial charge in [-0.1, -0.05) is 31.2 Å². The highest BCUT2D eigenvalue weighted by atomic mass is 15.3. The molecule has 1 aliphatic heterocycles. The van der Waals surface area contributed by atoms with Crippen LogP contribution >= 0.6 is 0 Å². The van der Waals surface area contributed by atoms with Gasteiger partial charge in [0.1, 0.15) is 0 Å². The maximum atomic E-state index is 4.53. The lowest BCUT2D eigenvalue weighted by Crippen LogP contribution is -2.42. The van der Waals surface area contributed by atoms with Gasteiger partial charge in [-0.3, -0.25) is 14.6 Å². The third-order valence-corrected chi connectivity index (χ3v) is 6.41. The molecule has 1 aromatic heterocycles. The van der Waals surface area contributed by atoms with Crippen LogP contribution in [-0.4, -0.2) is 46.8 Å². The van der Waals surface area contributed by atoms with E-state index in [1.807, 2.05) is 18.8 Å². The molecule has 1 saturated heterocycles. The Labute approximate surface area is 188 Å². The summed E-state index contributed by atoms with van der Waals surface area (Å²) in [4.78, 5) is 6.99. The molecule has 0 radical (unpaired) electrons. The molecule has 1 aliphatic rings. The Hall–Kier alpha value is -2.34. The van der Waals surface area contributed by atoms with Gasteiger partial charge in [0.15, 0.2) is 5.96 Å². The zero-order valence-corrected chi connectivity index (χ0v) is 20.2. The SMILES string of the molecule is CN=C(NCc1ccc(CN2CCCC(C)C2)cc1)NC(C)Cc1c(C)nn(C)c1C. The first-order chi connectivity index (χ1) is 14.9. The first-order valence-electron chi connectivity index (χ1n) is 11.6. The van der Waals surface area contributed by atoms with Crippen molar-refractivity contribution in [2.24, 2.45) is 18.0 Å². The first-order valence-corrected chi connectivity index (χ1v) is 11.6. The van der Waals surface area contributed by atoms with E-state index in [1.165, 1.54) is 48.3 Å². The molecule has 1 fully saturated rings. The molecular formula is C25H40N6. The number of aromatic nitrogens is 2. The van der Waals surface area contributed by atoms with Crippen LogP contribution in [0, 0.1) is 19.8 Å². The van der Waals surface area contributed by atoms with Crippen molar-refractivity contribution in [3.05, 3.63) is 52.3 Å². The highest BCUT2D eigenvalue weighted by molar-refractivity contribution is 5.79. The number of benzene rings is 1. The highest BCUT2D eigenvalue weighted by Crippen LogP contribution is 2.18. The van der Waals surface area contributed by atoms with Crippen molar-refractivity contribution in [3.8, 4) is 0 Å². The fourth-order valence-corrected chi connectivity index (χ4v) is 4.53. The standard InChI is InChI=1S/C25H40N6/c1-18-8-7-13-31(16-18)17-23-11-9-22(10-12-23)15-27-25(26-5)28-19(2)14-24-20(3)29-30(6)21(24)4/h9-12,18-19H,7-8,13-17H2,1-6H3,(H2,26,27,28). The molecule has 31 heavy (non-hydrogen) atoms. The van der Waals surface area contributed by atoms with Crippen molar-refractivity contribution >= 4 is 5.96 Å². The molecule has 1 aromatic carbocycles. The van der Waals surface area contributed by atoms with E-state index in [0.29, 0.717) is 0 Å². The van der Waals surface area contributed by atoms with E-state index < -0.39 is 0 Å². The van der Waals surface area contributed by atoms with Crippen LogP contribution in [0.1, 0.15) is 54.8 Å². The largest absolute Gasteiger partial charge is 0.354 e. The van der Waals surface area contributed by atoms with Crippen LogP contribution in [0.5, 0.6) is 0 Å². The molecule has 6 heteroatoms. The van der Waals surface area contributed by atoms with Gasteiger partial charge < -0.3 is 10.6 Å². The molecular weight excluding hydrogens is 384 g/mol. The monoisotopic (exact) mass is 424 g/mol. The molecule has 0 aliphatic carbocycles. The summed E-state index contributed by atoms with van der Waals surface area (Å²) in [7, 11) is 3.83. The normalized spacial score (nSPS) is 18.8. The van der Waals surface area contributed by atoms with Crippen molar-refractivity contribution in [2.75, 3.05) is 20.1 Å². The van der Waals surface area contributed by atoms with Gasteiger partial charge in [-0.2, -0.15) is 5.10 Å². The zero-order chi connectivity index (χ0) is 22.4. The van der Waals surface area contributed by atoms with Gasteiger partial charge in [0, 0.05) is 45.5 Å². The smallest absolute Gasteiger partial charge is 0.191 e. The predicted molar refractivity (Wildman–Crippen MR) is 129 cm³/mol. The Kier molecular flexibility index (Phi) is 8.13. The van der Waals surface area contributed by atoms with Crippen LogP contribution in [0.25, 0.3) is 0 Å². The number of aliphatic imine (C=N–C) groups is 1. The summed E-state index contributed by atoms with van der Waals surface area (Å²) in [6.07, 6.45) is 3.63. The molecule has 0 spiro atoms. The van der Waals surface area contributed by atoms with E-state index in [2.05, 4.69) is 77.6 Å². The second-order valence-electron chi connectivity index (χ2n) is 9.25. The molecule has 2 heterocycles. The number of piperidine rings is 1. The van der Waals surface area contributed by atoms with Gasteiger partial charge in [0.25, 0.3) is 0 Å². The van der Waals surface area contributed by atoms with Crippen molar-refractivity contribution in [1.82, 2.24) is 25.3 Å². The van der Waals surface area contributed by atoms with Gasteiger partial charge in [0.05, 0.1) is 5.69 Å². The summed E-state index contributed by atoms with van der Waals surface area (Å²) in [5, 5.41) is 11.5.